The molecule has 0 fully saturated rings. The summed E-state index contributed by atoms with van der Waals surface area (Å²) < 4.78 is 29.1. The van der Waals surface area contributed by atoms with E-state index in [9.17, 15) is 8.78 Å². The number of hydrogen-bond donors (Lipinski definition) is 1. The fourth-order valence-electron chi connectivity index (χ4n) is 1.80. The first-order valence-corrected chi connectivity index (χ1v) is 7.12. The van der Waals surface area contributed by atoms with Gasteiger partial charge in [-0.1, -0.05) is 13.8 Å². The second kappa shape index (κ2) is 5.91. The summed E-state index contributed by atoms with van der Waals surface area (Å²) in [6.07, 6.45) is 1.71. The molecule has 0 spiro atoms. The highest BCUT2D eigenvalue weighted by atomic mass is 79.9. The molecule has 3 nitrogen and oxygen atoms in total. The molecule has 1 aromatic carbocycles. The fourth-order valence-corrected chi connectivity index (χ4v) is 2.13. The minimum Gasteiger partial charge on any atom is -0.355 e. The van der Waals surface area contributed by atoms with E-state index in [1.165, 1.54) is 6.07 Å². The van der Waals surface area contributed by atoms with Crippen LogP contribution in [0.4, 0.5) is 14.7 Å². The number of nitrogens with zero attached hydrogens (tertiary/aromatic N) is 2. The lowest BCUT2D eigenvalue weighted by molar-refractivity contribution is 0.573. The van der Waals surface area contributed by atoms with Gasteiger partial charge < -0.3 is 5.32 Å². The van der Waals surface area contributed by atoms with Crippen molar-refractivity contribution in [3.8, 4) is 5.69 Å². The van der Waals surface area contributed by atoms with Crippen molar-refractivity contribution in [2.75, 3.05) is 11.9 Å². The highest BCUT2D eigenvalue weighted by Gasteiger charge is 2.14. The van der Waals surface area contributed by atoms with Gasteiger partial charge in [0.1, 0.15) is 11.6 Å². The molecule has 0 bridgehead atoms. The van der Waals surface area contributed by atoms with Gasteiger partial charge in [-0.05, 0) is 34.8 Å². The molecule has 0 radical (unpaired) electrons. The van der Waals surface area contributed by atoms with Crippen molar-refractivity contribution in [1.29, 1.82) is 0 Å². The Balaban J connectivity index is 2.44. The first-order chi connectivity index (χ1) is 9.38. The Morgan fingerprint density at radius 2 is 2.00 bits per heavy atom. The van der Waals surface area contributed by atoms with Crippen molar-refractivity contribution >= 4 is 21.9 Å². The molecule has 1 heterocycles. The first-order valence-electron chi connectivity index (χ1n) is 6.33. The van der Waals surface area contributed by atoms with E-state index in [4.69, 9.17) is 0 Å². The lowest BCUT2D eigenvalue weighted by Crippen LogP contribution is -2.12. The van der Waals surface area contributed by atoms with Gasteiger partial charge in [-0.2, -0.15) is 0 Å². The zero-order valence-electron chi connectivity index (χ0n) is 11.5. The average Bonchev–Trinajstić information content (AvgIpc) is 2.72. The number of aromatic nitrogens is 2. The van der Waals surface area contributed by atoms with Crippen LogP contribution in [0.25, 0.3) is 5.69 Å². The van der Waals surface area contributed by atoms with Crippen molar-refractivity contribution in [1.82, 2.24) is 9.55 Å². The smallest absolute Gasteiger partial charge is 0.207 e. The normalized spacial score (nSPS) is 11.2. The Hall–Kier alpha value is -1.43. The number of hydrogen-bond acceptors (Lipinski definition) is 2. The van der Waals surface area contributed by atoms with Crippen LogP contribution in [0.5, 0.6) is 0 Å². The second-order valence-electron chi connectivity index (χ2n) is 5.07. The lowest BCUT2D eigenvalue weighted by Gasteiger charge is -2.12. The molecule has 0 saturated carbocycles. The molecule has 2 aromatic rings. The van der Waals surface area contributed by atoms with Crippen LogP contribution in [0.1, 0.15) is 19.5 Å². The molecule has 0 unspecified atom stereocenters. The van der Waals surface area contributed by atoms with Crippen LogP contribution >= 0.6 is 15.9 Å². The van der Waals surface area contributed by atoms with E-state index in [1.807, 2.05) is 6.92 Å². The molecule has 1 aromatic heterocycles. The van der Waals surface area contributed by atoms with Crippen molar-refractivity contribution in [2.24, 2.45) is 5.92 Å². The van der Waals surface area contributed by atoms with Gasteiger partial charge in [-0.25, -0.2) is 13.8 Å². The predicted molar refractivity (Wildman–Crippen MR) is 79.2 cm³/mol. The SMILES string of the molecule is Cc1cn(-c2cc(Br)c(F)cc2F)c(NCC(C)C)n1. The maximum atomic E-state index is 14.0. The van der Waals surface area contributed by atoms with Gasteiger partial charge in [0.2, 0.25) is 5.95 Å². The summed E-state index contributed by atoms with van der Waals surface area (Å²) >= 11 is 3.08. The molecular formula is C14H16BrF2N3. The summed E-state index contributed by atoms with van der Waals surface area (Å²) in [6.45, 7) is 6.69. The third-order valence-corrected chi connectivity index (χ3v) is 3.35. The zero-order valence-corrected chi connectivity index (χ0v) is 13.1. The Morgan fingerprint density at radius 1 is 1.30 bits per heavy atom. The van der Waals surface area contributed by atoms with Crippen LogP contribution in [0.2, 0.25) is 0 Å². The summed E-state index contributed by atoms with van der Waals surface area (Å²) in [6, 6.07) is 2.27. The minimum absolute atomic E-state index is 0.218. The molecule has 0 aliphatic heterocycles. The Kier molecular flexibility index (Phi) is 4.42. The van der Waals surface area contributed by atoms with Gasteiger partial charge in [0.15, 0.2) is 0 Å². The molecule has 108 valence electrons. The van der Waals surface area contributed by atoms with Crippen molar-refractivity contribution in [3.63, 3.8) is 0 Å². The van der Waals surface area contributed by atoms with Crippen LogP contribution in [0, 0.1) is 24.5 Å². The highest BCUT2D eigenvalue weighted by molar-refractivity contribution is 9.10. The minimum atomic E-state index is -0.629. The summed E-state index contributed by atoms with van der Waals surface area (Å²) in [5.74, 6) is -0.269. The van der Waals surface area contributed by atoms with E-state index in [2.05, 4.69) is 40.1 Å². The number of imidazole rings is 1. The van der Waals surface area contributed by atoms with Gasteiger partial charge in [-0.3, -0.25) is 4.57 Å². The Labute approximate surface area is 125 Å². The van der Waals surface area contributed by atoms with Crippen LogP contribution in [0.3, 0.4) is 0 Å². The van der Waals surface area contributed by atoms with Crippen molar-refractivity contribution in [2.45, 2.75) is 20.8 Å². The van der Waals surface area contributed by atoms with Gasteiger partial charge in [0.05, 0.1) is 15.9 Å². The van der Waals surface area contributed by atoms with Gasteiger partial charge in [0, 0.05) is 18.8 Å². The molecule has 0 aliphatic carbocycles. The molecule has 0 atom stereocenters. The molecule has 0 aliphatic rings. The third-order valence-electron chi connectivity index (χ3n) is 2.74. The van der Waals surface area contributed by atoms with Crippen molar-refractivity contribution in [3.05, 3.63) is 40.1 Å². The quantitative estimate of drug-likeness (QED) is 0.839. The standard InChI is InChI=1S/C14H16BrF2N3/c1-8(2)6-18-14-19-9(3)7-20(14)13-4-10(15)11(16)5-12(13)17/h4-5,7-8H,6H2,1-3H3,(H,18,19). The topological polar surface area (TPSA) is 29.9 Å². The van der Waals surface area contributed by atoms with Crippen LogP contribution in [0.15, 0.2) is 22.8 Å². The van der Waals surface area contributed by atoms with Crippen LogP contribution < -0.4 is 5.32 Å². The van der Waals surface area contributed by atoms with Gasteiger partial charge in [-0.15, -0.1) is 0 Å². The van der Waals surface area contributed by atoms with E-state index in [0.29, 0.717) is 11.9 Å². The van der Waals surface area contributed by atoms with E-state index >= 15 is 0 Å². The average molecular weight is 344 g/mol. The fraction of sp³-hybridized carbons (Fsp3) is 0.357. The maximum Gasteiger partial charge on any atom is 0.207 e. The van der Waals surface area contributed by atoms with E-state index in [0.717, 1.165) is 18.3 Å². The molecule has 6 heteroatoms. The number of anilines is 1. The number of benzene rings is 1. The zero-order chi connectivity index (χ0) is 14.9. The summed E-state index contributed by atoms with van der Waals surface area (Å²) in [7, 11) is 0. The van der Waals surface area contributed by atoms with Crippen LogP contribution in [-0.4, -0.2) is 16.1 Å². The largest absolute Gasteiger partial charge is 0.355 e. The van der Waals surface area contributed by atoms with Crippen molar-refractivity contribution < 1.29 is 8.78 Å². The maximum absolute atomic E-state index is 14.0. The first kappa shape index (κ1) is 15.0. The van der Waals surface area contributed by atoms with E-state index in [1.54, 1.807) is 10.8 Å². The lowest BCUT2D eigenvalue weighted by atomic mass is 10.2. The van der Waals surface area contributed by atoms with E-state index in [-0.39, 0.29) is 10.2 Å². The molecular weight excluding hydrogens is 328 g/mol. The molecule has 0 saturated heterocycles. The predicted octanol–water partition coefficient (Wildman–Crippen LogP) is 4.29. The molecule has 0 amide bonds. The summed E-state index contributed by atoms with van der Waals surface area (Å²) in [4.78, 5) is 4.33. The van der Waals surface area contributed by atoms with Gasteiger partial charge >= 0.3 is 0 Å². The third kappa shape index (κ3) is 3.17. The Morgan fingerprint density at radius 3 is 2.65 bits per heavy atom. The number of nitrogens with one attached hydrogen (secondary N) is 1. The molecule has 1 N–H and O–H groups in total. The summed E-state index contributed by atoms with van der Waals surface area (Å²) in [5.41, 5.74) is 1.02. The highest BCUT2D eigenvalue weighted by Crippen LogP contribution is 2.25. The summed E-state index contributed by atoms with van der Waals surface area (Å²) in [5, 5.41) is 3.17. The number of rotatable bonds is 4. The van der Waals surface area contributed by atoms with E-state index < -0.39 is 11.6 Å². The van der Waals surface area contributed by atoms with Crippen LogP contribution in [-0.2, 0) is 0 Å². The number of aryl methyl sites for hydroxylation is 1. The number of halogens is 3. The second-order valence-corrected chi connectivity index (χ2v) is 5.92. The molecule has 20 heavy (non-hydrogen) atoms. The molecule has 2 rings (SSSR count). The van der Waals surface area contributed by atoms with Gasteiger partial charge in [0.25, 0.3) is 0 Å². The monoisotopic (exact) mass is 343 g/mol. The Bertz CT molecular complexity index is 623.